The van der Waals surface area contributed by atoms with Gasteiger partial charge in [0.2, 0.25) is 0 Å². The number of nitro groups is 1. The van der Waals surface area contributed by atoms with E-state index in [1.807, 2.05) is 13.0 Å². The van der Waals surface area contributed by atoms with E-state index in [4.69, 9.17) is 5.11 Å². The first-order chi connectivity index (χ1) is 7.70. The number of hydrogen-bond acceptors (Lipinski definition) is 4. The highest BCUT2D eigenvalue weighted by molar-refractivity contribution is 5.71. The van der Waals surface area contributed by atoms with Crippen molar-refractivity contribution < 1.29 is 10.0 Å². The van der Waals surface area contributed by atoms with E-state index in [0.29, 0.717) is 18.4 Å². The van der Waals surface area contributed by atoms with Crippen molar-refractivity contribution in [3.05, 3.63) is 40.2 Å². The Labute approximate surface area is 93.6 Å². The normalized spacial score (nSPS) is 11.5. The Balaban J connectivity index is 3.14. The zero-order chi connectivity index (χ0) is 12.0. The number of nitrogens with zero attached hydrogens (tertiary/aromatic N) is 2. The summed E-state index contributed by atoms with van der Waals surface area (Å²) in [5, 5.41) is 19.6. The van der Waals surface area contributed by atoms with Crippen LogP contribution in [0.15, 0.2) is 24.5 Å². The van der Waals surface area contributed by atoms with Crippen molar-refractivity contribution in [2.24, 2.45) is 0 Å². The third-order valence-corrected chi connectivity index (χ3v) is 2.24. The molecule has 5 nitrogen and oxygen atoms in total. The molecule has 0 aliphatic rings. The molecule has 0 atom stereocenters. The third kappa shape index (κ3) is 2.87. The molecular weight excluding hydrogens is 208 g/mol. The Morgan fingerprint density at radius 2 is 2.44 bits per heavy atom. The van der Waals surface area contributed by atoms with E-state index in [1.165, 1.54) is 12.4 Å². The Kier molecular flexibility index (Phi) is 4.60. The highest BCUT2D eigenvalue weighted by Gasteiger charge is 2.15. The van der Waals surface area contributed by atoms with E-state index in [9.17, 15) is 10.1 Å². The number of aliphatic hydroxyl groups is 1. The van der Waals surface area contributed by atoms with Crippen LogP contribution in [0.25, 0.3) is 5.57 Å². The Morgan fingerprint density at radius 1 is 1.69 bits per heavy atom. The predicted octanol–water partition coefficient (Wildman–Crippen LogP) is 2.17. The van der Waals surface area contributed by atoms with Crippen molar-refractivity contribution in [1.82, 2.24) is 4.98 Å². The molecule has 0 spiro atoms. The summed E-state index contributed by atoms with van der Waals surface area (Å²) in [5.74, 6) is 0. The topological polar surface area (TPSA) is 76.3 Å². The van der Waals surface area contributed by atoms with E-state index in [-0.39, 0.29) is 12.3 Å². The number of rotatable bonds is 5. The SMILES string of the molecule is CCC(=CCCO)c1ccncc1[N+](=O)[O-]. The quantitative estimate of drug-likeness (QED) is 0.611. The maximum Gasteiger partial charge on any atom is 0.294 e. The van der Waals surface area contributed by atoms with Crippen LogP contribution >= 0.6 is 0 Å². The van der Waals surface area contributed by atoms with Crippen LogP contribution in [0.2, 0.25) is 0 Å². The van der Waals surface area contributed by atoms with Crippen LogP contribution in [0, 0.1) is 10.1 Å². The van der Waals surface area contributed by atoms with Crippen LogP contribution in [0.3, 0.4) is 0 Å². The minimum atomic E-state index is -0.440. The van der Waals surface area contributed by atoms with E-state index in [1.54, 1.807) is 6.07 Å². The summed E-state index contributed by atoms with van der Waals surface area (Å²) in [6.45, 7) is 1.97. The number of pyridine rings is 1. The van der Waals surface area contributed by atoms with Crippen LogP contribution < -0.4 is 0 Å². The molecule has 1 heterocycles. The van der Waals surface area contributed by atoms with Crippen molar-refractivity contribution in [3.63, 3.8) is 0 Å². The minimum absolute atomic E-state index is 0.00791. The van der Waals surface area contributed by atoms with Crippen molar-refractivity contribution in [2.45, 2.75) is 19.8 Å². The van der Waals surface area contributed by atoms with Crippen molar-refractivity contribution in [1.29, 1.82) is 0 Å². The number of aromatic nitrogens is 1. The van der Waals surface area contributed by atoms with Gasteiger partial charge in [-0.2, -0.15) is 0 Å². The number of aliphatic hydroxyl groups excluding tert-OH is 1. The predicted molar refractivity (Wildman–Crippen MR) is 60.9 cm³/mol. The summed E-state index contributed by atoms with van der Waals surface area (Å²) in [6, 6.07) is 1.63. The fourth-order valence-electron chi connectivity index (χ4n) is 1.49. The molecule has 0 radical (unpaired) electrons. The maximum atomic E-state index is 10.8. The van der Waals surface area contributed by atoms with Gasteiger partial charge in [-0.3, -0.25) is 15.1 Å². The molecule has 0 aromatic carbocycles. The summed E-state index contributed by atoms with van der Waals surface area (Å²) < 4.78 is 0. The molecule has 1 aromatic heterocycles. The summed E-state index contributed by atoms with van der Waals surface area (Å²) in [5.41, 5.74) is 1.45. The van der Waals surface area contributed by atoms with Gasteiger partial charge in [0.15, 0.2) is 0 Å². The van der Waals surface area contributed by atoms with E-state index in [0.717, 1.165) is 5.57 Å². The molecule has 1 N–H and O–H groups in total. The number of allylic oxidation sites excluding steroid dienone is 1. The van der Waals surface area contributed by atoms with E-state index in [2.05, 4.69) is 4.98 Å². The first kappa shape index (κ1) is 12.3. The lowest BCUT2D eigenvalue weighted by Gasteiger charge is -2.05. The highest BCUT2D eigenvalue weighted by Crippen LogP contribution is 2.27. The average molecular weight is 222 g/mol. The lowest BCUT2D eigenvalue weighted by molar-refractivity contribution is -0.385. The maximum absolute atomic E-state index is 10.8. The molecule has 1 aromatic rings. The zero-order valence-corrected chi connectivity index (χ0v) is 9.09. The van der Waals surface area contributed by atoms with Crippen molar-refractivity contribution in [3.8, 4) is 0 Å². The van der Waals surface area contributed by atoms with Crippen LogP contribution in [-0.4, -0.2) is 21.6 Å². The van der Waals surface area contributed by atoms with Gasteiger partial charge in [0, 0.05) is 12.8 Å². The average Bonchev–Trinajstić information content (AvgIpc) is 2.30. The van der Waals surface area contributed by atoms with E-state index >= 15 is 0 Å². The smallest absolute Gasteiger partial charge is 0.294 e. The molecule has 0 amide bonds. The van der Waals surface area contributed by atoms with Crippen molar-refractivity contribution >= 4 is 11.3 Å². The standard InChI is InChI=1S/C11H14N2O3/c1-2-9(4-3-7-14)10-5-6-12-8-11(10)13(15)16/h4-6,8,14H,2-3,7H2,1H3. The van der Waals surface area contributed by atoms with Gasteiger partial charge in [-0.1, -0.05) is 13.0 Å². The molecule has 0 bridgehead atoms. The van der Waals surface area contributed by atoms with Gasteiger partial charge >= 0.3 is 0 Å². The molecule has 0 saturated carbocycles. The molecule has 0 aliphatic heterocycles. The van der Waals surface area contributed by atoms with Gasteiger partial charge in [-0.05, 0) is 24.5 Å². The first-order valence-electron chi connectivity index (χ1n) is 5.09. The lowest BCUT2D eigenvalue weighted by atomic mass is 10.0. The second-order valence-electron chi connectivity index (χ2n) is 3.25. The largest absolute Gasteiger partial charge is 0.396 e. The molecule has 5 heteroatoms. The zero-order valence-electron chi connectivity index (χ0n) is 9.09. The molecule has 1 rings (SSSR count). The minimum Gasteiger partial charge on any atom is -0.396 e. The fourth-order valence-corrected chi connectivity index (χ4v) is 1.49. The Bertz CT molecular complexity index is 402. The number of hydrogen-bond donors (Lipinski definition) is 1. The summed E-state index contributed by atoms with van der Waals surface area (Å²) in [4.78, 5) is 14.1. The monoisotopic (exact) mass is 222 g/mol. The third-order valence-electron chi connectivity index (χ3n) is 2.24. The molecule has 0 unspecified atom stereocenters. The molecule has 0 saturated heterocycles. The van der Waals surface area contributed by atoms with Gasteiger partial charge in [0.1, 0.15) is 6.20 Å². The van der Waals surface area contributed by atoms with Gasteiger partial charge in [0.25, 0.3) is 5.69 Å². The summed E-state index contributed by atoms with van der Waals surface area (Å²) in [6.07, 6.45) is 5.79. The summed E-state index contributed by atoms with van der Waals surface area (Å²) >= 11 is 0. The first-order valence-corrected chi connectivity index (χ1v) is 5.09. The van der Waals surface area contributed by atoms with Gasteiger partial charge in [-0.15, -0.1) is 0 Å². The van der Waals surface area contributed by atoms with Crippen LogP contribution in [0.1, 0.15) is 25.3 Å². The fraction of sp³-hybridized carbons (Fsp3) is 0.364. The Hall–Kier alpha value is -1.75. The van der Waals surface area contributed by atoms with Gasteiger partial charge in [-0.25, -0.2) is 0 Å². The second-order valence-corrected chi connectivity index (χ2v) is 3.25. The Morgan fingerprint density at radius 3 is 3.00 bits per heavy atom. The second kappa shape index (κ2) is 5.97. The van der Waals surface area contributed by atoms with Crippen LogP contribution in [0.4, 0.5) is 5.69 Å². The van der Waals surface area contributed by atoms with E-state index < -0.39 is 4.92 Å². The summed E-state index contributed by atoms with van der Waals surface area (Å²) in [7, 11) is 0. The van der Waals surface area contributed by atoms with Crippen LogP contribution in [-0.2, 0) is 0 Å². The van der Waals surface area contributed by atoms with Crippen LogP contribution in [0.5, 0.6) is 0 Å². The molecule has 86 valence electrons. The molecule has 0 aliphatic carbocycles. The molecule has 0 fully saturated rings. The van der Waals surface area contributed by atoms with Gasteiger partial charge < -0.3 is 5.11 Å². The van der Waals surface area contributed by atoms with Crippen molar-refractivity contribution in [2.75, 3.05) is 6.61 Å². The molecular formula is C11H14N2O3. The van der Waals surface area contributed by atoms with Gasteiger partial charge in [0.05, 0.1) is 10.5 Å². The molecule has 16 heavy (non-hydrogen) atoms. The highest BCUT2D eigenvalue weighted by atomic mass is 16.6. The lowest BCUT2D eigenvalue weighted by Crippen LogP contribution is -1.96.